The summed E-state index contributed by atoms with van der Waals surface area (Å²) in [5.41, 5.74) is 6.96. The zero-order valence-corrected chi connectivity index (χ0v) is 17.2. The third-order valence-electron chi connectivity index (χ3n) is 7.33. The molecular weight excluding hydrogens is 406 g/mol. The van der Waals surface area contributed by atoms with Crippen LogP contribution in [0.5, 0.6) is 0 Å². The van der Waals surface area contributed by atoms with Crippen molar-refractivity contribution in [2.75, 3.05) is 13.1 Å². The zero-order valence-electron chi connectivity index (χ0n) is 17.2. The number of nitrogens with one attached hydrogen (secondary N) is 1. The highest BCUT2D eigenvalue weighted by molar-refractivity contribution is 6.05. The van der Waals surface area contributed by atoms with E-state index in [1.165, 1.54) is 4.90 Å². The Hall–Kier alpha value is -2.39. The SMILES string of the molecule is NC12CCCC(CN(Cc3ccc4c(c3)CN(C3CCC(=O)NC3=O)C4=O)C1)C2(F)F. The third kappa shape index (κ3) is 3.25. The van der Waals surface area contributed by atoms with Gasteiger partial charge in [-0.2, -0.15) is 0 Å². The van der Waals surface area contributed by atoms with Gasteiger partial charge in [0.15, 0.2) is 0 Å². The van der Waals surface area contributed by atoms with Crippen molar-refractivity contribution in [1.29, 1.82) is 0 Å². The molecule has 0 spiro atoms. The molecule has 0 aromatic heterocycles. The summed E-state index contributed by atoms with van der Waals surface area (Å²) >= 11 is 0. The van der Waals surface area contributed by atoms with E-state index in [1.54, 1.807) is 6.07 Å². The number of carbonyl (C=O) groups is 3. The average Bonchev–Trinajstić information content (AvgIpc) is 3.00. The summed E-state index contributed by atoms with van der Waals surface area (Å²) < 4.78 is 29.3. The number of nitrogens with zero attached hydrogens (tertiary/aromatic N) is 2. The van der Waals surface area contributed by atoms with E-state index in [0.717, 1.165) is 17.5 Å². The lowest BCUT2D eigenvalue weighted by Crippen LogP contribution is -2.71. The molecule has 3 atom stereocenters. The molecule has 2 bridgehead atoms. The van der Waals surface area contributed by atoms with Gasteiger partial charge in [-0.05, 0) is 36.5 Å². The minimum Gasteiger partial charge on any atom is -0.322 e. The molecule has 7 nitrogen and oxygen atoms in total. The van der Waals surface area contributed by atoms with Gasteiger partial charge in [0.05, 0.1) is 5.54 Å². The number of piperidine rings is 2. The molecule has 31 heavy (non-hydrogen) atoms. The smallest absolute Gasteiger partial charge is 0.270 e. The first-order valence-corrected chi connectivity index (χ1v) is 10.8. The Morgan fingerprint density at radius 1 is 1.19 bits per heavy atom. The van der Waals surface area contributed by atoms with Gasteiger partial charge in [-0.25, -0.2) is 8.78 Å². The number of nitrogens with two attached hydrogens (primary N) is 1. The standard InChI is InChI=1S/C22H26F2N4O3/c23-22(24)15-2-1-7-21(22,25)12-27(11-15)9-13-3-4-16-14(8-13)10-28(20(16)31)17-5-6-18(29)26-19(17)30/h3-4,8,15,17H,1-2,5-7,9-12,25H2,(H,26,29,30). The predicted molar refractivity (Wildman–Crippen MR) is 107 cm³/mol. The molecule has 9 heteroatoms. The lowest BCUT2D eigenvalue weighted by Gasteiger charge is -2.53. The molecule has 1 aromatic rings. The fourth-order valence-electron chi connectivity index (χ4n) is 5.69. The lowest BCUT2D eigenvalue weighted by atomic mass is 9.69. The number of imide groups is 1. The van der Waals surface area contributed by atoms with Crippen LogP contribution in [0.3, 0.4) is 0 Å². The second-order valence-corrected chi connectivity index (χ2v) is 9.43. The van der Waals surface area contributed by atoms with Crippen LogP contribution in [0.1, 0.15) is 53.6 Å². The first-order valence-electron chi connectivity index (χ1n) is 10.8. The predicted octanol–water partition coefficient (Wildman–Crippen LogP) is 1.40. The number of hydrogen-bond donors (Lipinski definition) is 2. The number of rotatable bonds is 3. The van der Waals surface area contributed by atoms with Crippen molar-refractivity contribution in [3.8, 4) is 0 Å². The highest BCUT2D eigenvalue weighted by Gasteiger charge is 2.61. The van der Waals surface area contributed by atoms with Crippen molar-refractivity contribution in [2.45, 2.75) is 62.7 Å². The third-order valence-corrected chi connectivity index (χ3v) is 7.33. The van der Waals surface area contributed by atoms with Crippen molar-refractivity contribution in [3.63, 3.8) is 0 Å². The van der Waals surface area contributed by atoms with Gasteiger partial charge in [0.25, 0.3) is 11.8 Å². The summed E-state index contributed by atoms with van der Waals surface area (Å²) in [6.45, 7) is 1.25. The van der Waals surface area contributed by atoms with Crippen LogP contribution >= 0.6 is 0 Å². The summed E-state index contributed by atoms with van der Waals surface area (Å²) in [5.74, 6) is -4.54. The van der Waals surface area contributed by atoms with Crippen molar-refractivity contribution < 1.29 is 23.2 Å². The monoisotopic (exact) mass is 432 g/mol. The number of halogens is 2. The average molecular weight is 432 g/mol. The molecule has 3 heterocycles. The molecule has 4 aliphatic rings. The van der Waals surface area contributed by atoms with E-state index >= 15 is 0 Å². The van der Waals surface area contributed by atoms with E-state index in [1.807, 2.05) is 17.0 Å². The van der Waals surface area contributed by atoms with Crippen molar-refractivity contribution in [2.24, 2.45) is 11.7 Å². The van der Waals surface area contributed by atoms with Gasteiger partial charge >= 0.3 is 0 Å². The number of alkyl halides is 2. The molecule has 3 fully saturated rings. The Kier molecular flexibility index (Phi) is 4.67. The van der Waals surface area contributed by atoms with Crippen LogP contribution in [0.15, 0.2) is 18.2 Å². The van der Waals surface area contributed by atoms with Crippen LogP contribution < -0.4 is 11.1 Å². The van der Waals surface area contributed by atoms with E-state index in [2.05, 4.69) is 5.32 Å². The number of amides is 3. The Labute approximate surface area is 178 Å². The summed E-state index contributed by atoms with van der Waals surface area (Å²) in [5, 5.41) is 2.30. The van der Waals surface area contributed by atoms with Crippen LogP contribution in [0.25, 0.3) is 0 Å². The molecule has 3 amide bonds. The number of hydrogen-bond acceptors (Lipinski definition) is 5. The Morgan fingerprint density at radius 3 is 2.74 bits per heavy atom. The molecular formula is C22H26F2N4O3. The Morgan fingerprint density at radius 2 is 2.00 bits per heavy atom. The first-order chi connectivity index (χ1) is 14.7. The highest BCUT2D eigenvalue weighted by atomic mass is 19.3. The number of fused-ring (bicyclic) bond motifs is 3. The Bertz CT molecular complexity index is 968. The molecule has 3 unspecified atom stereocenters. The largest absolute Gasteiger partial charge is 0.322 e. The maximum Gasteiger partial charge on any atom is 0.270 e. The van der Waals surface area contributed by atoms with Gasteiger partial charge < -0.3 is 10.6 Å². The van der Waals surface area contributed by atoms with E-state index < -0.39 is 29.3 Å². The quantitative estimate of drug-likeness (QED) is 0.704. The minimum atomic E-state index is -2.84. The molecule has 2 saturated heterocycles. The van der Waals surface area contributed by atoms with Crippen LogP contribution in [0.2, 0.25) is 0 Å². The molecule has 5 rings (SSSR count). The molecule has 1 aliphatic carbocycles. The van der Waals surface area contributed by atoms with Gasteiger partial charge in [0.2, 0.25) is 11.8 Å². The van der Waals surface area contributed by atoms with Crippen LogP contribution in [0.4, 0.5) is 8.78 Å². The summed E-state index contributed by atoms with van der Waals surface area (Å²) in [6, 6.07) is 4.86. The fourth-order valence-corrected chi connectivity index (χ4v) is 5.69. The van der Waals surface area contributed by atoms with Crippen LogP contribution in [-0.4, -0.2) is 58.1 Å². The Balaban J connectivity index is 1.31. The number of carbonyl (C=O) groups excluding carboxylic acids is 3. The summed E-state index contributed by atoms with van der Waals surface area (Å²) in [7, 11) is 0. The van der Waals surface area contributed by atoms with Gasteiger partial charge in [0.1, 0.15) is 6.04 Å². The molecule has 3 N–H and O–H groups in total. The molecule has 0 radical (unpaired) electrons. The lowest BCUT2D eigenvalue weighted by molar-refractivity contribution is -0.185. The zero-order chi connectivity index (χ0) is 22.0. The van der Waals surface area contributed by atoms with Crippen molar-refractivity contribution in [3.05, 3.63) is 34.9 Å². The van der Waals surface area contributed by atoms with Gasteiger partial charge in [-0.15, -0.1) is 0 Å². The van der Waals surface area contributed by atoms with Crippen LogP contribution in [-0.2, 0) is 22.7 Å². The van der Waals surface area contributed by atoms with Gasteiger partial charge in [0, 0.05) is 44.1 Å². The first kappa shape index (κ1) is 20.5. The second kappa shape index (κ2) is 7.06. The second-order valence-electron chi connectivity index (χ2n) is 9.43. The van der Waals surface area contributed by atoms with Crippen LogP contribution in [0, 0.1) is 5.92 Å². The fraction of sp³-hybridized carbons (Fsp3) is 0.591. The molecule has 1 saturated carbocycles. The van der Waals surface area contributed by atoms with E-state index in [-0.39, 0.29) is 24.8 Å². The highest BCUT2D eigenvalue weighted by Crippen LogP contribution is 2.48. The van der Waals surface area contributed by atoms with Crippen molar-refractivity contribution in [1.82, 2.24) is 15.1 Å². The number of likely N-dealkylation sites (tertiary alicyclic amines) is 1. The number of benzene rings is 1. The van der Waals surface area contributed by atoms with Crippen molar-refractivity contribution >= 4 is 17.7 Å². The normalized spacial score (nSPS) is 32.7. The van der Waals surface area contributed by atoms with Gasteiger partial charge in [-0.1, -0.05) is 18.6 Å². The van der Waals surface area contributed by atoms with E-state index in [9.17, 15) is 23.2 Å². The topological polar surface area (TPSA) is 95.7 Å². The molecule has 166 valence electrons. The maximum absolute atomic E-state index is 14.7. The summed E-state index contributed by atoms with van der Waals surface area (Å²) in [4.78, 5) is 39.9. The maximum atomic E-state index is 14.7. The van der Waals surface area contributed by atoms with Gasteiger partial charge in [-0.3, -0.25) is 24.6 Å². The minimum absolute atomic E-state index is 0.148. The summed E-state index contributed by atoms with van der Waals surface area (Å²) in [6.07, 6.45) is 2.08. The van der Waals surface area contributed by atoms with E-state index in [0.29, 0.717) is 44.5 Å². The van der Waals surface area contributed by atoms with E-state index in [4.69, 9.17) is 5.73 Å². The molecule has 3 aliphatic heterocycles. The molecule has 1 aromatic carbocycles.